The van der Waals surface area contributed by atoms with Crippen molar-refractivity contribution in [3.63, 3.8) is 0 Å². The van der Waals surface area contributed by atoms with Gasteiger partial charge in [-0.2, -0.15) is 13.2 Å². The van der Waals surface area contributed by atoms with E-state index in [2.05, 4.69) is 5.32 Å². The highest BCUT2D eigenvalue weighted by molar-refractivity contribution is 5.95. The molecule has 1 amide bonds. The number of alkyl halides is 3. The Labute approximate surface area is 96.8 Å². The number of nitrogens with one attached hydrogen (secondary N) is 1. The fourth-order valence-electron chi connectivity index (χ4n) is 1.25. The molecule has 0 saturated carbocycles. The van der Waals surface area contributed by atoms with Gasteiger partial charge in [0.25, 0.3) is 0 Å². The number of benzene rings is 1. The lowest BCUT2D eigenvalue weighted by molar-refractivity contribution is -0.137. The Morgan fingerprint density at radius 3 is 2.53 bits per heavy atom. The van der Waals surface area contributed by atoms with Crippen molar-refractivity contribution in [3.8, 4) is 0 Å². The summed E-state index contributed by atoms with van der Waals surface area (Å²) in [5.41, 5.74) is 4.28. The molecule has 3 nitrogen and oxygen atoms in total. The fraction of sp³-hybridized carbons (Fsp3) is 0.364. The third-order valence-electron chi connectivity index (χ3n) is 2.27. The summed E-state index contributed by atoms with van der Waals surface area (Å²) in [5, 5.41) is 2.18. The van der Waals surface area contributed by atoms with E-state index in [-0.39, 0.29) is 5.69 Å². The number of para-hydroxylation sites is 1. The molecule has 0 spiro atoms. The molecule has 6 heteroatoms. The number of carbonyl (C=O) groups is 1. The second-order valence-electron chi connectivity index (χ2n) is 3.55. The summed E-state index contributed by atoms with van der Waals surface area (Å²) in [5.74, 6) is -0.621. The van der Waals surface area contributed by atoms with Gasteiger partial charge < -0.3 is 11.1 Å². The van der Waals surface area contributed by atoms with Crippen molar-refractivity contribution >= 4 is 11.6 Å². The predicted octanol–water partition coefficient (Wildman–Crippen LogP) is 2.38. The van der Waals surface area contributed by atoms with E-state index in [9.17, 15) is 18.0 Å². The fourth-order valence-corrected chi connectivity index (χ4v) is 1.25. The molecule has 0 bridgehead atoms. The van der Waals surface area contributed by atoms with E-state index in [1.807, 2.05) is 0 Å². The minimum Gasteiger partial charge on any atom is -0.324 e. The standard InChI is InChI=1S/C11H13F3N2O/c1-2-8(15)10(17)16-9-6-4-3-5-7(9)11(12,13)14/h3-6,8H,2,15H2,1H3,(H,16,17)/t8-/m1/s1. The van der Waals surface area contributed by atoms with E-state index in [0.29, 0.717) is 6.42 Å². The van der Waals surface area contributed by atoms with Gasteiger partial charge in [-0.15, -0.1) is 0 Å². The average Bonchev–Trinajstić information content (AvgIpc) is 2.27. The Balaban J connectivity index is 2.96. The minimum absolute atomic E-state index is 0.270. The van der Waals surface area contributed by atoms with Gasteiger partial charge in [0.15, 0.2) is 0 Å². The maximum Gasteiger partial charge on any atom is 0.418 e. The van der Waals surface area contributed by atoms with Crippen LogP contribution in [-0.2, 0) is 11.0 Å². The number of hydrogen-bond acceptors (Lipinski definition) is 2. The first-order valence-corrected chi connectivity index (χ1v) is 5.09. The highest BCUT2D eigenvalue weighted by Gasteiger charge is 2.33. The van der Waals surface area contributed by atoms with Crippen LogP contribution in [0.2, 0.25) is 0 Å². The molecule has 0 saturated heterocycles. The van der Waals surface area contributed by atoms with E-state index in [1.54, 1.807) is 6.92 Å². The van der Waals surface area contributed by atoms with Gasteiger partial charge in [-0.3, -0.25) is 4.79 Å². The average molecular weight is 246 g/mol. The van der Waals surface area contributed by atoms with Crippen molar-refractivity contribution in [3.05, 3.63) is 29.8 Å². The van der Waals surface area contributed by atoms with Gasteiger partial charge in [-0.05, 0) is 18.6 Å². The first-order valence-electron chi connectivity index (χ1n) is 5.09. The van der Waals surface area contributed by atoms with Gasteiger partial charge >= 0.3 is 6.18 Å². The van der Waals surface area contributed by atoms with Crippen LogP contribution >= 0.6 is 0 Å². The quantitative estimate of drug-likeness (QED) is 0.860. The molecule has 1 atom stereocenters. The van der Waals surface area contributed by atoms with E-state index in [1.165, 1.54) is 18.2 Å². The monoisotopic (exact) mass is 246 g/mol. The Morgan fingerprint density at radius 2 is 2.00 bits per heavy atom. The lowest BCUT2D eigenvalue weighted by Gasteiger charge is -2.15. The van der Waals surface area contributed by atoms with Crippen molar-refractivity contribution in [1.29, 1.82) is 0 Å². The zero-order chi connectivity index (χ0) is 13.1. The third-order valence-corrected chi connectivity index (χ3v) is 2.27. The minimum atomic E-state index is -4.50. The summed E-state index contributed by atoms with van der Waals surface area (Å²) in [7, 11) is 0. The van der Waals surface area contributed by atoms with Crippen LogP contribution in [0.5, 0.6) is 0 Å². The highest BCUT2D eigenvalue weighted by atomic mass is 19.4. The number of rotatable bonds is 3. The molecule has 0 aliphatic heterocycles. The van der Waals surface area contributed by atoms with Crippen molar-refractivity contribution in [2.75, 3.05) is 5.32 Å². The van der Waals surface area contributed by atoms with Crippen LogP contribution in [0.25, 0.3) is 0 Å². The number of halogens is 3. The Kier molecular flexibility index (Phi) is 4.11. The summed E-state index contributed by atoms with van der Waals surface area (Å²) in [4.78, 5) is 11.4. The smallest absolute Gasteiger partial charge is 0.324 e. The third kappa shape index (κ3) is 3.45. The molecular weight excluding hydrogens is 233 g/mol. The van der Waals surface area contributed by atoms with Crippen LogP contribution in [0.3, 0.4) is 0 Å². The topological polar surface area (TPSA) is 55.1 Å². The van der Waals surface area contributed by atoms with Crippen molar-refractivity contribution in [2.45, 2.75) is 25.6 Å². The molecule has 0 heterocycles. The Morgan fingerprint density at radius 1 is 1.41 bits per heavy atom. The molecule has 0 radical (unpaired) electrons. The van der Waals surface area contributed by atoms with E-state index < -0.39 is 23.7 Å². The van der Waals surface area contributed by atoms with E-state index >= 15 is 0 Å². The summed E-state index contributed by atoms with van der Waals surface area (Å²) in [6.45, 7) is 1.68. The molecule has 1 aromatic carbocycles. The maximum atomic E-state index is 12.6. The largest absolute Gasteiger partial charge is 0.418 e. The molecule has 0 unspecified atom stereocenters. The molecule has 17 heavy (non-hydrogen) atoms. The Bertz CT molecular complexity index is 404. The van der Waals surface area contributed by atoms with Crippen LogP contribution in [0.15, 0.2) is 24.3 Å². The van der Waals surface area contributed by atoms with Crippen molar-refractivity contribution in [1.82, 2.24) is 0 Å². The molecular formula is C11H13F3N2O. The van der Waals surface area contributed by atoms with Crippen molar-refractivity contribution < 1.29 is 18.0 Å². The molecule has 1 rings (SSSR count). The summed E-state index contributed by atoms with van der Waals surface area (Å²) >= 11 is 0. The molecule has 94 valence electrons. The van der Waals surface area contributed by atoms with Gasteiger partial charge in [-0.1, -0.05) is 19.1 Å². The normalized spacial score (nSPS) is 13.2. The zero-order valence-electron chi connectivity index (χ0n) is 9.21. The molecule has 0 aliphatic carbocycles. The van der Waals surface area contributed by atoms with Gasteiger partial charge in [0, 0.05) is 0 Å². The van der Waals surface area contributed by atoms with Gasteiger partial charge in [-0.25, -0.2) is 0 Å². The second kappa shape index (κ2) is 5.18. The van der Waals surface area contributed by atoms with Gasteiger partial charge in [0.2, 0.25) is 5.91 Å². The second-order valence-corrected chi connectivity index (χ2v) is 3.55. The molecule has 0 aliphatic rings. The number of hydrogen-bond donors (Lipinski definition) is 2. The maximum absolute atomic E-state index is 12.6. The van der Waals surface area contributed by atoms with Crippen LogP contribution in [0, 0.1) is 0 Å². The van der Waals surface area contributed by atoms with Crippen molar-refractivity contribution in [2.24, 2.45) is 5.73 Å². The summed E-state index contributed by atoms with van der Waals surface area (Å²) < 4.78 is 37.8. The van der Waals surface area contributed by atoms with Crippen LogP contribution < -0.4 is 11.1 Å². The Hall–Kier alpha value is -1.56. The summed E-state index contributed by atoms with van der Waals surface area (Å²) in [6, 6.07) is 3.98. The lowest BCUT2D eigenvalue weighted by atomic mass is 10.1. The van der Waals surface area contributed by atoms with Gasteiger partial charge in [0.05, 0.1) is 17.3 Å². The van der Waals surface area contributed by atoms with E-state index in [0.717, 1.165) is 6.07 Å². The SMILES string of the molecule is CC[C@@H](N)C(=O)Nc1ccccc1C(F)(F)F. The number of carbonyl (C=O) groups excluding carboxylic acids is 1. The summed E-state index contributed by atoms with van der Waals surface area (Å²) in [6.07, 6.45) is -4.14. The number of nitrogens with two attached hydrogens (primary N) is 1. The van der Waals surface area contributed by atoms with Crippen LogP contribution in [0.4, 0.5) is 18.9 Å². The first-order chi connectivity index (χ1) is 7.86. The predicted molar refractivity (Wildman–Crippen MR) is 58.3 cm³/mol. The zero-order valence-corrected chi connectivity index (χ0v) is 9.21. The molecule has 0 aromatic heterocycles. The molecule has 1 aromatic rings. The lowest BCUT2D eigenvalue weighted by Crippen LogP contribution is -2.35. The number of anilines is 1. The van der Waals surface area contributed by atoms with Gasteiger partial charge in [0.1, 0.15) is 0 Å². The molecule has 0 fully saturated rings. The highest BCUT2D eigenvalue weighted by Crippen LogP contribution is 2.34. The first kappa shape index (κ1) is 13.5. The van der Waals surface area contributed by atoms with Crippen LogP contribution in [0.1, 0.15) is 18.9 Å². The number of amides is 1. The van der Waals surface area contributed by atoms with Crippen LogP contribution in [-0.4, -0.2) is 11.9 Å². The molecule has 3 N–H and O–H groups in total. The van der Waals surface area contributed by atoms with E-state index in [4.69, 9.17) is 5.73 Å².